The van der Waals surface area contributed by atoms with Crippen molar-refractivity contribution in [2.75, 3.05) is 13.2 Å². The molecule has 0 heterocycles. The molecule has 13 heteroatoms. The van der Waals surface area contributed by atoms with Crippen LogP contribution in [-0.4, -0.2) is 67.2 Å². The van der Waals surface area contributed by atoms with Crippen LogP contribution in [-0.2, 0) is 27.6 Å². The lowest BCUT2D eigenvalue weighted by Crippen LogP contribution is -2.31. The Bertz CT molecular complexity index is 1220. The Kier molecular flexibility index (Phi) is 11.8. The van der Waals surface area contributed by atoms with Gasteiger partial charge in [-0.15, -0.1) is 0 Å². The summed E-state index contributed by atoms with van der Waals surface area (Å²) in [4.78, 5) is 11.6. The predicted octanol–water partition coefficient (Wildman–Crippen LogP) is -0.766. The number of carbonyl (C=O) groups is 1. The van der Waals surface area contributed by atoms with Crippen molar-refractivity contribution in [3.8, 4) is 0 Å². The van der Waals surface area contributed by atoms with E-state index in [-0.39, 0.29) is 18.1 Å². The molecule has 0 saturated heterocycles. The molecular formula is C24H29B2NO9S. The molecule has 0 aliphatic carbocycles. The first-order valence-corrected chi connectivity index (χ1v) is 12.8. The zero-order valence-corrected chi connectivity index (χ0v) is 21.0. The Hall–Kier alpha value is -3.19. The largest absolute Gasteiger partial charge is 0.488 e. The van der Waals surface area contributed by atoms with Crippen LogP contribution in [0.25, 0.3) is 0 Å². The maximum atomic E-state index is 12.0. The van der Waals surface area contributed by atoms with Gasteiger partial charge in [0.15, 0.2) is 0 Å². The Labute approximate surface area is 216 Å². The van der Waals surface area contributed by atoms with E-state index in [1.54, 1.807) is 60.7 Å². The third-order valence-corrected chi connectivity index (χ3v) is 6.46. The summed E-state index contributed by atoms with van der Waals surface area (Å²) in [6, 6.07) is 19.3. The highest BCUT2D eigenvalue weighted by atomic mass is 32.2. The van der Waals surface area contributed by atoms with Gasteiger partial charge in [-0.3, -0.25) is 0 Å². The molecule has 0 saturated carbocycles. The third kappa shape index (κ3) is 10.4. The fraction of sp³-hybridized carbons (Fsp3) is 0.208. The van der Waals surface area contributed by atoms with Crippen LogP contribution in [0, 0.1) is 6.92 Å². The third-order valence-electron chi connectivity index (χ3n) is 5.13. The average molecular weight is 529 g/mol. The quantitative estimate of drug-likeness (QED) is 0.195. The van der Waals surface area contributed by atoms with E-state index in [0.29, 0.717) is 23.8 Å². The van der Waals surface area contributed by atoms with Gasteiger partial charge in [-0.05, 0) is 47.5 Å². The fourth-order valence-corrected chi connectivity index (χ4v) is 3.91. The highest BCUT2D eigenvalue weighted by Crippen LogP contribution is 2.10. The van der Waals surface area contributed by atoms with Crippen LogP contribution in [0.5, 0.6) is 0 Å². The molecule has 3 aromatic rings. The van der Waals surface area contributed by atoms with Crippen molar-refractivity contribution in [3.63, 3.8) is 0 Å². The zero-order chi connectivity index (χ0) is 27.4. The first kappa shape index (κ1) is 30.0. The van der Waals surface area contributed by atoms with Crippen molar-refractivity contribution in [2.24, 2.45) is 0 Å². The van der Waals surface area contributed by atoms with Gasteiger partial charge in [0, 0.05) is 13.0 Å². The molecule has 0 atom stereocenters. The van der Waals surface area contributed by atoms with E-state index in [4.69, 9.17) is 29.9 Å². The van der Waals surface area contributed by atoms with Crippen LogP contribution in [0.4, 0.5) is 4.79 Å². The molecule has 1 amide bonds. The maximum absolute atomic E-state index is 12.0. The number of hydrogen-bond acceptors (Lipinski definition) is 9. The number of ether oxygens (including phenoxy) is 1. The summed E-state index contributed by atoms with van der Waals surface area (Å²) >= 11 is 0. The van der Waals surface area contributed by atoms with Gasteiger partial charge in [-0.25, -0.2) is 17.9 Å². The summed E-state index contributed by atoms with van der Waals surface area (Å²) in [5, 5.41) is 44.1. The smallest absolute Gasteiger partial charge is 0.448 e. The van der Waals surface area contributed by atoms with Gasteiger partial charge >= 0.3 is 20.3 Å². The molecule has 0 unspecified atom stereocenters. The molecule has 0 aliphatic rings. The molecule has 0 aliphatic heterocycles. The van der Waals surface area contributed by atoms with E-state index < -0.39 is 30.4 Å². The number of hydrogen-bond donors (Lipinski definition) is 6. The number of sulfonamides is 1. The lowest BCUT2D eigenvalue weighted by molar-refractivity contribution is 0.154. The number of rotatable bonds is 9. The molecule has 3 rings (SSSR count). The minimum absolute atomic E-state index is 0.0176. The van der Waals surface area contributed by atoms with Crippen molar-refractivity contribution >= 4 is 41.3 Å². The molecule has 0 radical (unpaired) electrons. The molecule has 0 spiro atoms. The molecular weight excluding hydrogens is 500 g/mol. The van der Waals surface area contributed by atoms with Crippen LogP contribution in [0.2, 0.25) is 0 Å². The van der Waals surface area contributed by atoms with Gasteiger partial charge in [-0.2, -0.15) is 0 Å². The van der Waals surface area contributed by atoms with Gasteiger partial charge in [0.1, 0.15) is 0 Å². The fourth-order valence-electron chi connectivity index (χ4n) is 3.02. The van der Waals surface area contributed by atoms with Crippen molar-refractivity contribution in [1.82, 2.24) is 4.72 Å². The Morgan fingerprint density at radius 1 is 0.784 bits per heavy atom. The lowest BCUT2D eigenvalue weighted by Gasteiger charge is -2.08. The molecule has 0 fully saturated rings. The van der Waals surface area contributed by atoms with Crippen LogP contribution >= 0.6 is 0 Å². The van der Waals surface area contributed by atoms with Crippen LogP contribution in [0.1, 0.15) is 16.7 Å². The first-order chi connectivity index (χ1) is 17.5. The number of benzene rings is 3. The summed E-state index contributed by atoms with van der Waals surface area (Å²) in [6.45, 7) is 1.92. The van der Waals surface area contributed by atoms with Crippen molar-refractivity contribution in [2.45, 2.75) is 24.7 Å². The Morgan fingerprint density at radius 3 is 1.68 bits per heavy atom. The number of amides is 1. The molecule has 3 aromatic carbocycles. The van der Waals surface area contributed by atoms with Crippen LogP contribution in [0.3, 0.4) is 0 Å². The molecule has 0 bridgehead atoms. The second-order valence-electron chi connectivity index (χ2n) is 8.01. The normalized spacial score (nSPS) is 10.6. The molecule has 37 heavy (non-hydrogen) atoms. The average Bonchev–Trinajstić information content (AvgIpc) is 2.85. The SMILES string of the molecule is Cc1ccc(S(=O)(=O)NC(=O)OCCc2ccc(B(O)O)cc2)cc1.OCCc1ccc(B(O)O)cc1. The number of aliphatic hydroxyl groups excluding tert-OH is 1. The summed E-state index contributed by atoms with van der Waals surface area (Å²) in [5.74, 6) is 0. The van der Waals surface area contributed by atoms with E-state index in [1.807, 2.05) is 11.6 Å². The monoisotopic (exact) mass is 529 g/mol. The van der Waals surface area contributed by atoms with E-state index in [9.17, 15) is 13.2 Å². The number of aliphatic hydroxyl groups is 1. The lowest BCUT2D eigenvalue weighted by atomic mass is 9.80. The second kappa shape index (κ2) is 14.5. The topological polar surface area (TPSA) is 174 Å². The standard InChI is InChI=1S/C16H18BNO6S.C8H11BO3/c1-12-2-8-15(9-3-12)25(22,23)18-16(19)24-11-10-13-4-6-14(7-5-13)17(20)21;10-6-5-7-1-3-8(4-2-7)9(11)12/h2-9,20-21H,10-11H2,1H3,(H,18,19);1-4,10-12H,5-6H2. The van der Waals surface area contributed by atoms with Crippen molar-refractivity contribution in [1.29, 1.82) is 0 Å². The summed E-state index contributed by atoms with van der Waals surface area (Å²) in [7, 11) is -6.91. The minimum atomic E-state index is -3.97. The summed E-state index contributed by atoms with van der Waals surface area (Å²) in [6.07, 6.45) is -0.0929. The molecule has 6 N–H and O–H groups in total. The summed E-state index contributed by atoms with van der Waals surface area (Å²) in [5.41, 5.74) is 3.52. The van der Waals surface area contributed by atoms with Crippen molar-refractivity contribution < 1.29 is 43.2 Å². The summed E-state index contributed by atoms with van der Waals surface area (Å²) < 4.78 is 30.8. The maximum Gasteiger partial charge on any atom is 0.488 e. The van der Waals surface area contributed by atoms with Gasteiger partial charge in [-0.1, -0.05) is 66.2 Å². The molecule has 10 nitrogen and oxygen atoms in total. The Morgan fingerprint density at radius 2 is 1.24 bits per heavy atom. The van der Waals surface area contributed by atoms with Gasteiger partial charge in [0.05, 0.1) is 11.5 Å². The van der Waals surface area contributed by atoms with Gasteiger partial charge < -0.3 is 29.9 Å². The highest BCUT2D eigenvalue weighted by molar-refractivity contribution is 7.90. The second-order valence-corrected chi connectivity index (χ2v) is 9.69. The molecule has 196 valence electrons. The number of aryl methyl sites for hydroxylation is 1. The molecule has 0 aromatic heterocycles. The Balaban J connectivity index is 0.000000335. The van der Waals surface area contributed by atoms with Crippen LogP contribution < -0.4 is 15.6 Å². The van der Waals surface area contributed by atoms with E-state index >= 15 is 0 Å². The van der Waals surface area contributed by atoms with Gasteiger partial charge in [0.2, 0.25) is 0 Å². The first-order valence-electron chi connectivity index (χ1n) is 11.3. The van der Waals surface area contributed by atoms with E-state index in [2.05, 4.69) is 0 Å². The minimum Gasteiger partial charge on any atom is -0.448 e. The van der Waals surface area contributed by atoms with E-state index in [1.165, 1.54) is 12.1 Å². The van der Waals surface area contributed by atoms with E-state index in [0.717, 1.165) is 16.7 Å². The van der Waals surface area contributed by atoms with Crippen molar-refractivity contribution in [3.05, 3.63) is 89.5 Å². The zero-order valence-electron chi connectivity index (χ0n) is 20.2. The predicted molar refractivity (Wildman–Crippen MR) is 140 cm³/mol. The highest BCUT2D eigenvalue weighted by Gasteiger charge is 2.18. The number of nitrogens with one attached hydrogen (secondary N) is 1. The van der Waals surface area contributed by atoms with Gasteiger partial charge in [0.25, 0.3) is 10.0 Å². The van der Waals surface area contributed by atoms with Crippen LogP contribution in [0.15, 0.2) is 77.7 Å². The number of carbonyl (C=O) groups excluding carboxylic acids is 1.